The Morgan fingerprint density at radius 1 is 1.06 bits per heavy atom. The normalized spacial score (nSPS) is 12.2. The molecule has 2 rings (SSSR count). The zero-order valence-corrected chi connectivity index (χ0v) is 23.8. The molecule has 10 heteroatoms. The first kappa shape index (κ1) is 29.9. The van der Waals surface area contributed by atoms with Gasteiger partial charge in [-0.15, -0.1) is 0 Å². The second-order valence-electron chi connectivity index (χ2n) is 8.83. The minimum absolute atomic E-state index is 0.0693. The highest BCUT2D eigenvalue weighted by Gasteiger charge is 2.32. The first-order valence-electron chi connectivity index (χ1n) is 12.0. The highest BCUT2D eigenvalue weighted by atomic mass is 35.5. The summed E-state index contributed by atoms with van der Waals surface area (Å²) in [5.74, 6) is -0.776. The lowest BCUT2D eigenvalue weighted by atomic mass is 10.1. The van der Waals surface area contributed by atoms with Gasteiger partial charge in [-0.1, -0.05) is 61.7 Å². The number of anilines is 1. The summed E-state index contributed by atoms with van der Waals surface area (Å²) in [6.07, 6.45) is 3.16. The molecule has 198 valence electrons. The number of benzene rings is 2. The van der Waals surface area contributed by atoms with E-state index in [2.05, 4.69) is 5.32 Å². The molecule has 0 saturated heterocycles. The van der Waals surface area contributed by atoms with Gasteiger partial charge in [0.1, 0.15) is 12.6 Å². The Hall–Kier alpha value is -2.29. The highest BCUT2D eigenvalue weighted by molar-refractivity contribution is 7.92. The Bertz CT molecular complexity index is 1190. The molecule has 0 spiro atoms. The van der Waals surface area contributed by atoms with Crippen LogP contribution < -0.4 is 9.62 Å². The van der Waals surface area contributed by atoms with Crippen molar-refractivity contribution in [3.8, 4) is 0 Å². The molecule has 0 aliphatic rings. The molecule has 0 fully saturated rings. The molecule has 1 atom stereocenters. The molecule has 0 bridgehead atoms. The van der Waals surface area contributed by atoms with Gasteiger partial charge < -0.3 is 10.2 Å². The van der Waals surface area contributed by atoms with Crippen LogP contribution in [0.4, 0.5) is 5.69 Å². The van der Waals surface area contributed by atoms with Gasteiger partial charge in [0.2, 0.25) is 21.8 Å². The lowest BCUT2D eigenvalue weighted by Crippen LogP contribution is -2.52. The number of halogens is 2. The summed E-state index contributed by atoms with van der Waals surface area (Å²) in [6.45, 7) is 7.67. The molecule has 0 aliphatic heterocycles. The monoisotopic (exact) mass is 555 g/mol. The van der Waals surface area contributed by atoms with Crippen molar-refractivity contribution in [3.05, 3.63) is 63.1 Å². The van der Waals surface area contributed by atoms with E-state index in [-0.39, 0.29) is 12.5 Å². The van der Waals surface area contributed by atoms with Crippen LogP contribution in [0.2, 0.25) is 10.0 Å². The third-order valence-electron chi connectivity index (χ3n) is 6.08. The van der Waals surface area contributed by atoms with E-state index in [0.717, 1.165) is 34.5 Å². The van der Waals surface area contributed by atoms with E-state index in [0.29, 0.717) is 34.3 Å². The minimum atomic E-state index is -3.79. The molecule has 7 nitrogen and oxygen atoms in total. The van der Waals surface area contributed by atoms with Gasteiger partial charge in [-0.25, -0.2) is 8.42 Å². The topological polar surface area (TPSA) is 86.8 Å². The van der Waals surface area contributed by atoms with Crippen LogP contribution in [0, 0.1) is 13.8 Å². The van der Waals surface area contributed by atoms with Gasteiger partial charge in [0.05, 0.1) is 22.0 Å². The Morgan fingerprint density at radius 2 is 1.75 bits per heavy atom. The molecule has 0 aromatic heterocycles. The van der Waals surface area contributed by atoms with Gasteiger partial charge >= 0.3 is 0 Å². The van der Waals surface area contributed by atoms with Crippen molar-refractivity contribution >= 4 is 50.7 Å². The van der Waals surface area contributed by atoms with Crippen LogP contribution >= 0.6 is 23.2 Å². The number of unbranched alkanes of at least 4 members (excludes halogenated alkanes) is 1. The van der Waals surface area contributed by atoms with Gasteiger partial charge in [0.25, 0.3) is 0 Å². The van der Waals surface area contributed by atoms with Crippen LogP contribution in [-0.2, 0) is 26.2 Å². The second kappa shape index (κ2) is 13.3. The maximum Gasteiger partial charge on any atom is 0.244 e. The third kappa shape index (κ3) is 7.85. The number of carbonyl (C=O) groups excluding carboxylic acids is 2. The van der Waals surface area contributed by atoms with E-state index in [1.54, 1.807) is 30.3 Å². The van der Waals surface area contributed by atoms with E-state index in [9.17, 15) is 18.0 Å². The van der Waals surface area contributed by atoms with E-state index < -0.39 is 28.5 Å². The van der Waals surface area contributed by atoms with Gasteiger partial charge in [-0.05, 0) is 61.6 Å². The quantitative estimate of drug-likeness (QED) is 0.369. The molecule has 2 amide bonds. The fourth-order valence-electron chi connectivity index (χ4n) is 3.86. The van der Waals surface area contributed by atoms with Crippen molar-refractivity contribution < 1.29 is 18.0 Å². The zero-order valence-electron chi connectivity index (χ0n) is 21.5. The van der Waals surface area contributed by atoms with E-state index in [4.69, 9.17) is 23.2 Å². The summed E-state index contributed by atoms with van der Waals surface area (Å²) in [7, 11) is -3.79. The van der Waals surface area contributed by atoms with Crippen LogP contribution in [0.15, 0.2) is 36.4 Å². The summed E-state index contributed by atoms with van der Waals surface area (Å²) < 4.78 is 26.7. The Labute approximate surface area is 224 Å². The standard InChI is InChI=1S/C26H35Cl2N3O4S/c1-6-8-14-29-26(33)23(7-2)30(16-20-12-13-21(27)22(28)15-20)25(32)17-31(36(5,34)35)24-11-9-10-18(3)19(24)4/h9-13,15,23H,6-8,14,16-17H2,1-5H3,(H,29,33). The van der Waals surface area contributed by atoms with Gasteiger partial charge in [0.15, 0.2) is 0 Å². The van der Waals surface area contributed by atoms with Crippen molar-refractivity contribution in [1.29, 1.82) is 0 Å². The molecule has 2 aromatic rings. The van der Waals surface area contributed by atoms with Crippen LogP contribution in [0.1, 0.15) is 49.8 Å². The molecule has 0 heterocycles. The smallest absolute Gasteiger partial charge is 0.244 e. The molecule has 2 aromatic carbocycles. The fourth-order valence-corrected chi connectivity index (χ4v) is 5.08. The van der Waals surface area contributed by atoms with Crippen LogP contribution in [0.5, 0.6) is 0 Å². The van der Waals surface area contributed by atoms with Crippen LogP contribution in [0.3, 0.4) is 0 Å². The van der Waals surface area contributed by atoms with Crippen molar-refractivity contribution in [2.24, 2.45) is 0 Å². The molecule has 0 saturated carbocycles. The number of aryl methyl sites for hydroxylation is 1. The predicted octanol–water partition coefficient (Wildman–Crippen LogP) is 5.10. The van der Waals surface area contributed by atoms with E-state index in [1.165, 1.54) is 4.90 Å². The summed E-state index contributed by atoms with van der Waals surface area (Å²) in [4.78, 5) is 28.2. The molecule has 36 heavy (non-hydrogen) atoms. The number of hydrogen-bond acceptors (Lipinski definition) is 4. The highest BCUT2D eigenvalue weighted by Crippen LogP contribution is 2.27. The number of nitrogens with one attached hydrogen (secondary N) is 1. The van der Waals surface area contributed by atoms with Gasteiger partial charge in [0, 0.05) is 13.1 Å². The molecule has 1 unspecified atom stereocenters. The molecular weight excluding hydrogens is 521 g/mol. The van der Waals surface area contributed by atoms with Crippen molar-refractivity contribution in [1.82, 2.24) is 10.2 Å². The average Bonchev–Trinajstić information content (AvgIpc) is 2.81. The Morgan fingerprint density at radius 3 is 2.33 bits per heavy atom. The number of sulfonamides is 1. The predicted molar refractivity (Wildman–Crippen MR) is 147 cm³/mol. The maximum atomic E-state index is 13.7. The lowest BCUT2D eigenvalue weighted by molar-refractivity contribution is -0.140. The maximum absolute atomic E-state index is 13.7. The Kier molecular flexibility index (Phi) is 11.1. The van der Waals surface area contributed by atoms with Crippen molar-refractivity contribution in [3.63, 3.8) is 0 Å². The Balaban J connectivity index is 2.47. The minimum Gasteiger partial charge on any atom is -0.354 e. The molecule has 0 aliphatic carbocycles. The average molecular weight is 557 g/mol. The number of amides is 2. The molecule has 1 N–H and O–H groups in total. The largest absolute Gasteiger partial charge is 0.354 e. The lowest BCUT2D eigenvalue weighted by Gasteiger charge is -2.33. The van der Waals surface area contributed by atoms with Crippen LogP contribution in [0.25, 0.3) is 0 Å². The fraction of sp³-hybridized carbons (Fsp3) is 0.462. The zero-order chi connectivity index (χ0) is 27.0. The van der Waals surface area contributed by atoms with Gasteiger partial charge in [-0.2, -0.15) is 0 Å². The number of nitrogens with zero attached hydrogens (tertiary/aromatic N) is 2. The molecular formula is C26H35Cl2N3O4S. The first-order valence-corrected chi connectivity index (χ1v) is 14.6. The summed E-state index contributed by atoms with van der Waals surface area (Å²) >= 11 is 12.2. The number of carbonyl (C=O) groups is 2. The van der Waals surface area contributed by atoms with Crippen molar-refractivity contribution in [2.45, 2.75) is 59.5 Å². The van der Waals surface area contributed by atoms with Gasteiger partial charge in [-0.3, -0.25) is 13.9 Å². The summed E-state index contributed by atoms with van der Waals surface area (Å²) in [5.41, 5.74) is 2.77. The van der Waals surface area contributed by atoms with Crippen LogP contribution in [-0.4, -0.2) is 50.5 Å². The van der Waals surface area contributed by atoms with E-state index in [1.807, 2.05) is 33.8 Å². The second-order valence-corrected chi connectivity index (χ2v) is 11.5. The first-order chi connectivity index (χ1) is 16.9. The van der Waals surface area contributed by atoms with Crippen molar-refractivity contribution in [2.75, 3.05) is 23.7 Å². The third-order valence-corrected chi connectivity index (χ3v) is 7.94. The van der Waals surface area contributed by atoms with E-state index >= 15 is 0 Å². The summed E-state index contributed by atoms with van der Waals surface area (Å²) in [6, 6.07) is 9.52. The SMILES string of the molecule is CCCCNC(=O)C(CC)N(Cc1ccc(Cl)c(Cl)c1)C(=O)CN(c1cccc(C)c1C)S(C)(=O)=O. The summed E-state index contributed by atoms with van der Waals surface area (Å²) in [5, 5.41) is 3.60. The number of hydrogen-bond donors (Lipinski definition) is 1. The number of rotatable bonds is 12. The molecule has 0 radical (unpaired) electrons.